The highest BCUT2D eigenvalue weighted by Crippen LogP contribution is 2.52. The Kier molecular flexibility index (Phi) is 9.56. The third kappa shape index (κ3) is 6.82. The molecule has 2 bridgehead atoms. The first kappa shape index (κ1) is 39.7. The van der Waals surface area contributed by atoms with Crippen LogP contribution in [0.25, 0.3) is 32.1 Å². The molecule has 5 atom stereocenters. The molecule has 59 heavy (non-hydrogen) atoms. The van der Waals surface area contributed by atoms with Crippen LogP contribution in [0.5, 0.6) is 11.8 Å². The van der Waals surface area contributed by atoms with Gasteiger partial charge >= 0.3 is 18.2 Å². The first-order valence-electron chi connectivity index (χ1n) is 20.1. The summed E-state index contributed by atoms with van der Waals surface area (Å²) in [5.41, 5.74) is -1.75. The van der Waals surface area contributed by atoms with Gasteiger partial charge in [-0.15, -0.1) is 11.3 Å². The third-order valence-corrected chi connectivity index (χ3v) is 13.4. The highest BCUT2D eigenvalue weighted by molar-refractivity contribution is 7.23. The predicted molar refractivity (Wildman–Crippen MR) is 220 cm³/mol. The number of nitrogens with one attached hydrogen (secondary N) is 1. The molecule has 4 aromatic rings. The number of carbonyl (C=O) groups excluding carboxylic acids is 2. The lowest BCUT2D eigenvalue weighted by Crippen LogP contribution is -2.63. The highest BCUT2D eigenvalue weighted by atomic mass is 35.5. The number of piperazine rings is 1. The Balaban J connectivity index is 1.19. The van der Waals surface area contributed by atoms with Crippen LogP contribution in [0.4, 0.5) is 29.2 Å². The third-order valence-electron chi connectivity index (χ3n) is 12.0. The summed E-state index contributed by atoms with van der Waals surface area (Å²) in [6, 6.07) is 6.34. The van der Waals surface area contributed by atoms with Crippen molar-refractivity contribution in [3.63, 3.8) is 0 Å². The Morgan fingerprint density at radius 3 is 2.63 bits per heavy atom. The SMILES string of the molecule is CC(C)(C)OC(=O)Nc1sc2cccc(-c3c(Cl)c4c5c(nc(OC[C@@]67CCCN6C[C@H](F)C7)nc5c3F)N3C[C@H]5CC[C@@H]([C@H]3CO4)N5C(=O)OC(C)(C)C)c2c1C#N. The topological polar surface area (TPSA) is 142 Å². The molecule has 2 amide bonds. The minimum atomic E-state index is -0.974. The standard InChI is InChI=1S/C42H46ClF2N7O6S/c1-40(2,3)57-38(53)49-36-24(16-46)28-23(9-7-10-27(28)59-36)29-31(43)34-30-33(32(29)45)47-37(56-20-42-13-8-14-50(42)17-21(44)15-42)48-35(30)51-18-22-11-12-25(26(51)19-55-34)52(22)39(54)58-41(4,5)6/h7,9-10,21-22,25-26H,8,11-15,17-20H2,1-6H3,(H,49,53)/t21-,22-,25+,26-,42+/m1/s1. The van der Waals surface area contributed by atoms with Gasteiger partial charge in [-0.2, -0.15) is 15.2 Å². The number of aromatic nitrogens is 2. The molecule has 0 spiro atoms. The average Bonchev–Trinajstić information content (AvgIpc) is 3.85. The van der Waals surface area contributed by atoms with Crippen LogP contribution in [0, 0.1) is 17.1 Å². The monoisotopic (exact) mass is 849 g/mol. The molecule has 4 fully saturated rings. The zero-order chi connectivity index (χ0) is 41.8. The van der Waals surface area contributed by atoms with Gasteiger partial charge in [-0.3, -0.25) is 15.1 Å². The van der Waals surface area contributed by atoms with Crippen molar-refractivity contribution in [3.8, 4) is 29.0 Å². The summed E-state index contributed by atoms with van der Waals surface area (Å²) >= 11 is 8.44. The van der Waals surface area contributed by atoms with E-state index in [9.17, 15) is 19.2 Å². The van der Waals surface area contributed by atoms with Gasteiger partial charge in [0.05, 0.1) is 39.6 Å². The van der Waals surface area contributed by atoms with E-state index in [4.69, 9.17) is 40.5 Å². The summed E-state index contributed by atoms with van der Waals surface area (Å²) in [5, 5.41) is 14.0. The number of hydrogen-bond donors (Lipinski definition) is 1. The van der Waals surface area contributed by atoms with Gasteiger partial charge in [0.2, 0.25) is 0 Å². The second kappa shape index (κ2) is 14.2. The normalized spacial score (nSPS) is 25.0. The Morgan fingerprint density at radius 1 is 1.10 bits per heavy atom. The smallest absolute Gasteiger partial charge is 0.412 e. The average molecular weight is 850 g/mol. The van der Waals surface area contributed by atoms with Crippen molar-refractivity contribution >= 4 is 66.9 Å². The quantitative estimate of drug-likeness (QED) is 0.206. The fourth-order valence-electron chi connectivity index (χ4n) is 9.73. The molecule has 13 nitrogen and oxygen atoms in total. The predicted octanol–water partition coefficient (Wildman–Crippen LogP) is 8.83. The number of halogens is 3. The number of fused-ring (bicyclic) bond motifs is 7. The first-order chi connectivity index (χ1) is 27.9. The number of thiophene rings is 1. The van der Waals surface area contributed by atoms with Crippen molar-refractivity contribution in [1.82, 2.24) is 19.8 Å². The van der Waals surface area contributed by atoms with E-state index in [0.717, 1.165) is 37.1 Å². The van der Waals surface area contributed by atoms with Gasteiger partial charge in [0.25, 0.3) is 0 Å². The van der Waals surface area contributed by atoms with Crippen LogP contribution >= 0.6 is 22.9 Å². The number of amides is 2. The van der Waals surface area contributed by atoms with Crippen molar-refractivity contribution in [1.29, 1.82) is 5.26 Å². The lowest BCUT2D eigenvalue weighted by Gasteiger charge is -2.46. The molecule has 4 saturated heterocycles. The van der Waals surface area contributed by atoms with E-state index in [1.165, 1.54) is 0 Å². The molecule has 0 radical (unpaired) electrons. The van der Waals surface area contributed by atoms with Crippen molar-refractivity contribution < 1.29 is 37.3 Å². The lowest BCUT2D eigenvalue weighted by molar-refractivity contribution is 0.00542. The minimum absolute atomic E-state index is 0.0489. The van der Waals surface area contributed by atoms with Gasteiger partial charge in [-0.05, 0) is 85.4 Å². The van der Waals surface area contributed by atoms with E-state index < -0.39 is 47.0 Å². The minimum Gasteiger partial charge on any atom is -0.489 e. The summed E-state index contributed by atoms with van der Waals surface area (Å²) in [6.45, 7) is 12.4. The summed E-state index contributed by atoms with van der Waals surface area (Å²) in [4.78, 5) is 42.1. The molecule has 0 aliphatic carbocycles. The highest BCUT2D eigenvalue weighted by Gasteiger charge is 2.53. The number of rotatable bonds is 5. The second-order valence-electron chi connectivity index (χ2n) is 18.2. The molecule has 2 aromatic carbocycles. The van der Waals surface area contributed by atoms with Crippen molar-refractivity contribution in [3.05, 3.63) is 34.6 Å². The van der Waals surface area contributed by atoms with E-state index in [0.29, 0.717) is 41.8 Å². The van der Waals surface area contributed by atoms with E-state index >= 15 is 4.39 Å². The molecule has 5 aliphatic rings. The zero-order valence-corrected chi connectivity index (χ0v) is 35.4. The molecular formula is C42H46ClF2N7O6S. The fourth-order valence-corrected chi connectivity index (χ4v) is 11.1. The molecule has 0 saturated carbocycles. The van der Waals surface area contributed by atoms with Crippen LogP contribution in [-0.2, 0) is 9.47 Å². The lowest BCUT2D eigenvalue weighted by atomic mass is 9.95. The molecule has 5 aliphatic heterocycles. The van der Waals surface area contributed by atoms with Crippen LogP contribution in [-0.4, -0.2) is 106 Å². The number of alkyl halides is 1. The van der Waals surface area contributed by atoms with E-state index in [1.54, 1.807) is 43.9 Å². The van der Waals surface area contributed by atoms with Crippen LogP contribution in [0.15, 0.2) is 18.2 Å². The van der Waals surface area contributed by atoms with Crippen LogP contribution < -0.4 is 19.7 Å². The molecule has 2 aromatic heterocycles. The fraction of sp³-hybridized carbons (Fsp3) is 0.548. The van der Waals surface area contributed by atoms with Gasteiger partial charge in [0.1, 0.15) is 53.0 Å². The number of nitriles is 1. The molecule has 7 heterocycles. The van der Waals surface area contributed by atoms with Crippen molar-refractivity contribution in [2.75, 3.05) is 43.1 Å². The largest absolute Gasteiger partial charge is 0.489 e. The number of benzene rings is 2. The number of carbonyl (C=O) groups is 2. The maximum Gasteiger partial charge on any atom is 0.412 e. The second-order valence-corrected chi connectivity index (χ2v) is 19.6. The molecule has 0 unspecified atom stereocenters. The van der Waals surface area contributed by atoms with Crippen LogP contribution in [0.2, 0.25) is 5.02 Å². The summed E-state index contributed by atoms with van der Waals surface area (Å²) in [7, 11) is 0. The van der Waals surface area contributed by atoms with Gasteiger partial charge in [0.15, 0.2) is 11.6 Å². The number of hydrogen-bond acceptors (Lipinski definition) is 12. The molecule has 312 valence electrons. The molecule has 9 rings (SSSR count). The van der Waals surface area contributed by atoms with Gasteiger partial charge in [-0.25, -0.2) is 18.4 Å². The summed E-state index contributed by atoms with van der Waals surface area (Å²) < 4.78 is 57.4. The summed E-state index contributed by atoms with van der Waals surface area (Å²) in [6.07, 6.45) is 1.30. The van der Waals surface area contributed by atoms with Gasteiger partial charge in [0, 0.05) is 35.2 Å². The van der Waals surface area contributed by atoms with E-state index in [-0.39, 0.29) is 74.7 Å². The maximum absolute atomic E-state index is 17.7. The van der Waals surface area contributed by atoms with Crippen LogP contribution in [0.1, 0.15) is 79.2 Å². The first-order valence-corrected chi connectivity index (χ1v) is 21.3. The molecule has 17 heteroatoms. The molecule has 1 N–H and O–H groups in total. The Morgan fingerprint density at radius 2 is 1.88 bits per heavy atom. The number of anilines is 2. The zero-order valence-electron chi connectivity index (χ0n) is 33.8. The van der Waals surface area contributed by atoms with E-state index in [1.807, 2.05) is 20.8 Å². The molecular weight excluding hydrogens is 804 g/mol. The van der Waals surface area contributed by atoms with Crippen molar-refractivity contribution in [2.24, 2.45) is 0 Å². The Bertz CT molecular complexity index is 2450. The number of ether oxygens (including phenoxy) is 4. The Labute approximate surface area is 349 Å². The maximum atomic E-state index is 17.7. The van der Waals surface area contributed by atoms with Gasteiger partial charge in [-0.1, -0.05) is 23.7 Å². The Hall–Kier alpha value is -4.72. The van der Waals surface area contributed by atoms with E-state index in [2.05, 4.69) is 21.2 Å². The summed E-state index contributed by atoms with van der Waals surface area (Å²) in [5.74, 6) is -0.265. The van der Waals surface area contributed by atoms with Crippen LogP contribution in [0.3, 0.4) is 0 Å². The number of nitrogens with zero attached hydrogens (tertiary/aromatic N) is 6. The van der Waals surface area contributed by atoms with Crippen molar-refractivity contribution in [2.45, 2.75) is 115 Å². The van der Waals surface area contributed by atoms with Gasteiger partial charge < -0.3 is 23.8 Å².